The molecule has 0 aromatic heterocycles. The molecule has 2 aromatic carbocycles. The second kappa shape index (κ2) is 7.63. The number of fused-ring (bicyclic) bond motifs is 1. The number of hydrogen-bond donors (Lipinski definition) is 3. The van der Waals surface area contributed by atoms with Crippen molar-refractivity contribution < 1.29 is 24.2 Å². The smallest absolute Gasteiger partial charge is 0.313 e. The largest absolute Gasteiger partial charge is 0.493 e. The quantitative estimate of drug-likeness (QED) is 0.638. The summed E-state index contributed by atoms with van der Waals surface area (Å²) in [5.74, 6) is -1.26. The summed E-state index contributed by atoms with van der Waals surface area (Å²) < 4.78 is 5.56. The third-order valence-electron chi connectivity index (χ3n) is 6.59. The van der Waals surface area contributed by atoms with Crippen LogP contribution in [0, 0.1) is 0 Å². The molecule has 3 aliphatic rings. The van der Waals surface area contributed by atoms with Gasteiger partial charge in [0.1, 0.15) is 11.4 Å². The van der Waals surface area contributed by atoms with E-state index in [2.05, 4.69) is 10.6 Å². The van der Waals surface area contributed by atoms with Gasteiger partial charge in [-0.05, 0) is 49.1 Å². The van der Waals surface area contributed by atoms with E-state index >= 15 is 0 Å². The first kappa shape index (κ1) is 20.5. The Morgan fingerprint density at radius 1 is 1.25 bits per heavy atom. The molecule has 3 N–H and O–H groups in total. The fourth-order valence-corrected chi connectivity index (χ4v) is 4.89. The summed E-state index contributed by atoms with van der Waals surface area (Å²) >= 11 is 0. The van der Waals surface area contributed by atoms with E-state index < -0.39 is 17.4 Å². The molecule has 0 bridgehead atoms. The van der Waals surface area contributed by atoms with Crippen LogP contribution in [0.4, 0.5) is 11.4 Å². The Bertz CT molecular complexity index is 1130. The number of carbonyl (C=O) groups excluding carboxylic acids is 3. The Hall–Kier alpha value is -3.39. The van der Waals surface area contributed by atoms with Gasteiger partial charge in [-0.25, -0.2) is 0 Å². The lowest BCUT2D eigenvalue weighted by Crippen LogP contribution is -2.46. The van der Waals surface area contributed by atoms with E-state index in [1.165, 1.54) is 0 Å². The second-order valence-electron chi connectivity index (χ2n) is 8.65. The molecule has 0 saturated heterocycles. The molecule has 8 nitrogen and oxygen atoms in total. The van der Waals surface area contributed by atoms with E-state index in [1.54, 1.807) is 24.3 Å². The lowest BCUT2D eigenvalue weighted by molar-refractivity contribution is -0.137. The maximum Gasteiger partial charge on any atom is 0.313 e. The molecule has 0 radical (unpaired) electrons. The Kier molecular flexibility index (Phi) is 4.89. The summed E-state index contributed by atoms with van der Waals surface area (Å²) in [6.45, 7) is 2.80. The maximum atomic E-state index is 12.6. The van der Waals surface area contributed by atoms with Gasteiger partial charge in [0, 0.05) is 24.2 Å². The normalized spacial score (nSPS) is 23.1. The molecule has 3 heterocycles. The number of aryl methyl sites for hydroxylation is 1. The average Bonchev–Trinajstić information content (AvgIpc) is 3.04. The monoisotopic (exact) mass is 435 g/mol. The van der Waals surface area contributed by atoms with Gasteiger partial charge in [-0.3, -0.25) is 14.4 Å². The highest BCUT2D eigenvalue weighted by atomic mass is 16.5. The first-order valence-corrected chi connectivity index (χ1v) is 10.9. The molecule has 0 spiro atoms. The van der Waals surface area contributed by atoms with Gasteiger partial charge in [0.2, 0.25) is 5.91 Å². The molecular weight excluding hydrogens is 410 g/mol. The molecule has 8 heteroatoms. The zero-order valence-corrected chi connectivity index (χ0v) is 17.8. The highest BCUT2D eigenvalue weighted by molar-refractivity contribution is 6.39. The minimum atomic E-state index is -1.30. The molecule has 3 aliphatic heterocycles. The van der Waals surface area contributed by atoms with Crippen LogP contribution in [0.2, 0.25) is 0 Å². The highest BCUT2D eigenvalue weighted by Crippen LogP contribution is 2.44. The summed E-state index contributed by atoms with van der Waals surface area (Å²) in [6, 6.07) is 10.7. The van der Waals surface area contributed by atoms with Crippen LogP contribution in [0.3, 0.4) is 0 Å². The first-order valence-electron chi connectivity index (χ1n) is 10.9. The molecule has 3 amide bonds. The van der Waals surface area contributed by atoms with Crippen molar-refractivity contribution in [1.82, 2.24) is 5.32 Å². The number of carbonyl (C=O) groups is 3. The van der Waals surface area contributed by atoms with E-state index in [-0.39, 0.29) is 18.4 Å². The third-order valence-corrected chi connectivity index (χ3v) is 6.59. The van der Waals surface area contributed by atoms with Crippen molar-refractivity contribution >= 4 is 29.1 Å². The van der Waals surface area contributed by atoms with Crippen LogP contribution in [0.15, 0.2) is 36.4 Å². The molecule has 5 rings (SSSR count). The highest BCUT2D eigenvalue weighted by Gasteiger charge is 2.39. The van der Waals surface area contributed by atoms with Crippen molar-refractivity contribution in [3.63, 3.8) is 0 Å². The van der Waals surface area contributed by atoms with E-state index in [0.29, 0.717) is 36.6 Å². The van der Waals surface area contributed by atoms with Crippen LogP contribution < -0.4 is 20.3 Å². The Morgan fingerprint density at radius 3 is 2.91 bits per heavy atom. The molecule has 0 saturated carbocycles. The van der Waals surface area contributed by atoms with E-state index in [4.69, 9.17) is 4.74 Å². The molecule has 2 atom stereocenters. The maximum absolute atomic E-state index is 12.6. The minimum absolute atomic E-state index is 0.0761. The predicted octanol–water partition coefficient (Wildman–Crippen LogP) is 1.81. The molecule has 32 heavy (non-hydrogen) atoms. The standard InChI is InChI=1S/C24H25N3O5/c1-14-17-12-16(11-15-5-4-9-27(20(15)17)23(14)30)26-22(29)21(28)25-13-24(31)8-10-32-19-7-3-2-6-18(19)24/h2-3,6-7,11-12,14,31H,4-5,8-10,13H2,1H3,(H,25,28)(H,26,29)/t14-,24-/m0/s1. The lowest BCUT2D eigenvalue weighted by Gasteiger charge is -2.34. The summed E-state index contributed by atoms with van der Waals surface area (Å²) in [7, 11) is 0. The number of aliphatic hydroxyl groups is 1. The number of anilines is 2. The molecule has 2 aromatic rings. The number of nitrogens with one attached hydrogen (secondary N) is 2. The van der Waals surface area contributed by atoms with E-state index in [1.807, 2.05) is 24.0 Å². The first-order chi connectivity index (χ1) is 15.4. The van der Waals surface area contributed by atoms with Gasteiger partial charge >= 0.3 is 11.8 Å². The third kappa shape index (κ3) is 3.31. The van der Waals surface area contributed by atoms with Crippen molar-refractivity contribution in [2.75, 3.05) is 29.9 Å². The molecule has 166 valence electrons. The average molecular weight is 435 g/mol. The molecule has 0 aliphatic carbocycles. The van der Waals surface area contributed by atoms with E-state index in [9.17, 15) is 19.5 Å². The molecule has 0 unspecified atom stereocenters. The van der Waals surface area contributed by atoms with Crippen molar-refractivity contribution in [2.45, 2.75) is 37.7 Å². The van der Waals surface area contributed by atoms with Gasteiger partial charge in [0.15, 0.2) is 0 Å². The number of benzene rings is 2. The van der Waals surface area contributed by atoms with E-state index in [0.717, 1.165) is 29.7 Å². The fourth-order valence-electron chi connectivity index (χ4n) is 4.89. The number of ether oxygens (including phenoxy) is 1. The minimum Gasteiger partial charge on any atom is -0.493 e. The van der Waals surface area contributed by atoms with Crippen molar-refractivity contribution in [3.8, 4) is 5.75 Å². The topological polar surface area (TPSA) is 108 Å². The number of amides is 3. The Morgan fingerprint density at radius 2 is 2.06 bits per heavy atom. The van der Waals surface area contributed by atoms with Crippen LogP contribution in [0.1, 0.15) is 42.4 Å². The van der Waals surface area contributed by atoms with Gasteiger partial charge < -0.3 is 25.4 Å². The Balaban J connectivity index is 1.29. The van der Waals surface area contributed by atoms with Crippen LogP contribution in [0.25, 0.3) is 0 Å². The zero-order chi connectivity index (χ0) is 22.5. The Labute approximate surface area is 185 Å². The number of nitrogens with zero attached hydrogens (tertiary/aromatic N) is 1. The van der Waals surface area contributed by atoms with Gasteiger partial charge in [-0.2, -0.15) is 0 Å². The van der Waals surface area contributed by atoms with Crippen LogP contribution in [-0.2, 0) is 26.4 Å². The fraction of sp³-hybridized carbons (Fsp3) is 0.375. The lowest BCUT2D eigenvalue weighted by atomic mass is 9.88. The SMILES string of the molecule is C[C@@H]1C(=O)N2CCCc3cc(NC(=O)C(=O)NC[C@@]4(O)CCOc5ccccc54)cc1c32. The summed E-state index contributed by atoms with van der Waals surface area (Å²) in [4.78, 5) is 39.4. The van der Waals surface area contributed by atoms with Crippen LogP contribution in [-0.4, -0.2) is 42.5 Å². The van der Waals surface area contributed by atoms with Crippen molar-refractivity contribution in [1.29, 1.82) is 0 Å². The van der Waals surface area contributed by atoms with Gasteiger partial charge in [0.25, 0.3) is 0 Å². The zero-order valence-electron chi connectivity index (χ0n) is 17.8. The van der Waals surface area contributed by atoms with Crippen LogP contribution >= 0.6 is 0 Å². The summed E-state index contributed by atoms with van der Waals surface area (Å²) in [5.41, 5.74) is 2.63. The van der Waals surface area contributed by atoms with Crippen molar-refractivity contribution in [3.05, 3.63) is 53.1 Å². The van der Waals surface area contributed by atoms with Gasteiger partial charge in [0.05, 0.1) is 24.8 Å². The van der Waals surface area contributed by atoms with Gasteiger partial charge in [-0.1, -0.05) is 18.2 Å². The molecular formula is C24H25N3O5. The summed E-state index contributed by atoms with van der Waals surface area (Å²) in [6.07, 6.45) is 2.00. The second-order valence-corrected chi connectivity index (χ2v) is 8.65. The van der Waals surface area contributed by atoms with Crippen molar-refractivity contribution in [2.24, 2.45) is 0 Å². The number of para-hydroxylation sites is 1. The summed E-state index contributed by atoms with van der Waals surface area (Å²) in [5, 5.41) is 16.2. The van der Waals surface area contributed by atoms with Crippen LogP contribution in [0.5, 0.6) is 5.75 Å². The number of hydrogen-bond acceptors (Lipinski definition) is 5. The predicted molar refractivity (Wildman–Crippen MR) is 118 cm³/mol. The van der Waals surface area contributed by atoms with Gasteiger partial charge in [-0.15, -0.1) is 0 Å². The molecule has 0 fully saturated rings. The number of rotatable bonds is 3.